The minimum Gasteiger partial charge on any atom is -0.479 e. The van der Waals surface area contributed by atoms with Crippen molar-refractivity contribution in [3.05, 3.63) is 0 Å². The molecule has 3 unspecified atom stereocenters. The first-order valence-electron chi connectivity index (χ1n) is 6.18. The lowest BCUT2D eigenvalue weighted by Crippen LogP contribution is -2.64. The molecular formula is C12H17NO5. The highest BCUT2D eigenvalue weighted by atomic mass is 16.5. The Labute approximate surface area is 105 Å². The number of hydrogen-bond acceptors (Lipinski definition) is 4. The van der Waals surface area contributed by atoms with Gasteiger partial charge in [0.15, 0.2) is 0 Å². The van der Waals surface area contributed by atoms with E-state index in [-0.39, 0.29) is 6.42 Å². The zero-order valence-corrected chi connectivity index (χ0v) is 10.5. The summed E-state index contributed by atoms with van der Waals surface area (Å²) in [7, 11) is 0. The zero-order valence-electron chi connectivity index (χ0n) is 10.5. The predicted molar refractivity (Wildman–Crippen MR) is 60.7 cm³/mol. The SMILES string of the molecule is CCCC(C)(C(=O)O)N1C(=O)C2CCC(O2)C1=O. The van der Waals surface area contributed by atoms with Crippen LogP contribution in [-0.4, -0.2) is 45.5 Å². The normalized spacial score (nSPS) is 30.4. The molecule has 2 amide bonds. The van der Waals surface area contributed by atoms with Crippen LogP contribution in [0.3, 0.4) is 0 Å². The van der Waals surface area contributed by atoms with E-state index in [2.05, 4.69) is 0 Å². The highest BCUT2D eigenvalue weighted by Gasteiger charge is 2.55. The number of imide groups is 1. The Morgan fingerprint density at radius 2 is 1.89 bits per heavy atom. The van der Waals surface area contributed by atoms with Gasteiger partial charge in [0.2, 0.25) is 0 Å². The lowest BCUT2D eigenvalue weighted by molar-refractivity contribution is -0.183. The molecular weight excluding hydrogens is 238 g/mol. The second-order valence-electron chi connectivity index (χ2n) is 5.03. The molecule has 2 heterocycles. The Bertz CT molecular complexity index is 385. The molecule has 0 aliphatic carbocycles. The number of aliphatic carboxylic acids is 1. The van der Waals surface area contributed by atoms with Crippen LogP contribution in [0.5, 0.6) is 0 Å². The molecule has 2 bridgehead atoms. The monoisotopic (exact) mass is 255 g/mol. The summed E-state index contributed by atoms with van der Waals surface area (Å²) in [6.07, 6.45) is 0.516. The summed E-state index contributed by atoms with van der Waals surface area (Å²) < 4.78 is 5.27. The summed E-state index contributed by atoms with van der Waals surface area (Å²) >= 11 is 0. The fraction of sp³-hybridized carbons (Fsp3) is 0.750. The van der Waals surface area contributed by atoms with Gasteiger partial charge < -0.3 is 9.84 Å². The van der Waals surface area contributed by atoms with Crippen LogP contribution < -0.4 is 0 Å². The lowest BCUT2D eigenvalue weighted by Gasteiger charge is -2.40. The van der Waals surface area contributed by atoms with Crippen molar-refractivity contribution < 1.29 is 24.2 Å². The van der Waals surface area contributed by atoms with Gasteiger partial charge in [-0.1, -0.05) is 13.3 Å². The van der Waals surface area contributed by atoms with Crippen molar-refractivity contribution in [3.8, 4) is 0 Å². The summed E-state index contributed by atoms with van der Waals surface area (Å²) in [5, 5.41) is 9.36. The predicted octanol–water partition coefficient (Wildman–Crippen LogP) is 0.546. The Morgan fingerprint density at radius 3 is 2.28 bits per heavy atom. The van der Waals surface area contributed by atoms with Crippen LogP contribution in [-0.2, 0) is 19.1 Å². The summed E-state index contributed by atoms with van der Waals surface area (Å²) in [4.78, 5) is 36.6. The Balaban J connectivity index is 2.37. The van der Waals surface area contributed by atoms with Gasteiger partial charge in [-0.15, -0.1) is 0 Å². The van der Waals surface area contributed by atoms with Crippen molar-refractivity contribution in [2.24, 2.45) is 0 Å². The number of ether oxygens (including phenoxy) is 1. The lowest BCUT2D eigenvalue weighted by atomic mass is 9.92. The van der Waals surface area contributed by atoms with Gasteiger partial charge >= 0.3 is 5.97 Å². The average Bonchev–Trinajstić information content (AvgIpc) is 2.73. The van der Waals surface area contributed by atoms with E-state index in [0.717, 1.165) is 4.90 Å². The van der Waals surface area contributed by atoms with E-state index in [1.165, 1.54) is 6.92 Å². The molecule has 2 fully saturated rings. The number of fused-ring (bicyclic) bond motifs is 2. The Kier molecular flexibility index (Phi) is 3.14. The molecule has 0 aromatic rings. The zero-order chi connectivity index (χ0) is 13.5. The van der Waals surface area contributed by atoms with E-state index in [1.54, 1.807) is 0 Å². The van der Waals surface area contributed by atoms with Crippen LogP contribution in [0.4, 0.5) is 0 Å². The molecule has 2 rings (SSSR count). The summed E-state index contributed by atoms with van der Waals surface area (Å²) in [5.41, 5.74) is -1.46. The van der Waals surface area contributed by atoms with Crippen molar-refractivity contribution in [1.82, 2.24) is 4.90 Å². The molecule has 2 saturated heterocycles. The van der Waals surface area contributed by atoms with Crippen molar-refractivity contribution in [1.29, 1.82) is 0 Å². The van der Waals surface area contributed by atoms with E-state index in [9.17, 15) is 19.5 Å². The molecule has 0 saturated carbocycles. The standard InChI is InChI=1S/C12H17NO5/c1-3-6-12(2,11(16)17)13-9(14)7-4-5-8(18-7)10(13)15/h7-8H,3-6H2,1-2H3,(H,16,17). The second-order valence-corrected chi connectivity index (χ2v) is 5.03. The second kappa shape index (κ2) is 4.35. The van der Waals surface area contributed by atoms with Crippen LogP contribution in [0.15, 0.2) is 0 Å². The van der Waals surface area contributed by atoms with Crippen molar-refractivity contribution in [2.45, 2.75) is 57.3 Å². The quantitative estimate of drug-likeness (QED) is 0.741. The van der Waals surface area contributed by atoms with Crippen molar-refractivity contribution in [2.75, 3.05) is 0 Å². The van der Waals surface area contributed by atoms with Gasteiger partial charge in [-0.3, -0.25) is 14.5 Å². The number of amides is 2. The van der Waals surface area contributed by atoms with Gasteiger partial charge in [0.25, 0.3) is 11.8 Å². The number of carboxylic acids is 1. The smallest absolute Gasteiger partial charge is 0.329 e. The molecule has 100 valence electrons. The van der Waals surface area contributed by atoms with Crippen molar-refractivity contribution >= 4 is 17.8 Å². The van der Waals surface area contributed by atoms with E-state index in [1.807, 2.05) is 6.92 Å². The van der Waals surface area contributed by atoms with Crippen LogP contribution in [0.2, 0.25) is 0 Å². The third-order valence-corrected chi connectivity index (χ3v) is 3.70. The van der Waals surface area contributed by atoms with Crippen LogP contribution in [0.25, 0.3) is 0 Å². The molecule has 1 N–H and O–H groups in total. The molecule has 0 radical (unpaired) electrons. The number of hydrogen-bond donors (Lipinski definition) is 1. The molecule has 3 atom stereocenters. The van der Waals surface area contributed by atoms with Gasteiger partial charge in [-0.25, -0.2) is 4.79 Å². The van der Waals surface area contributed by atoms with Crippen LogP contribution >= 0.6 is 0 Å². The number of morpholine rings is 1. The number of carboxylic acid groups (broad SMARTS) is 1. The Hall–Kier alpha value is -1.43. The number of carbonyl (C=O) groups is 3. The molecule has 18 heavy (non-hydrogen) atoms. The van der Waals surface area contributed by atoms with Gasteiger partial charge in [-0.2, -0.15) is 0 Å². The molecule has 6 nitrogen and oxygen atoms in total. The average molecular weight is 255 g/mol. The van der Waals surface area contributed by atoms with Crippen LogP contribution in [0.1, 0.15) is 39.5 Å². The van der Waals surface area contributed by atoms with E-state index in [0.29, 0.717) is 19.3 Å². The van der Waals surface area contributed by atoms with E-state index < -0.39 is 35.5 Å². The maximum atomic E-state index is 12.1. The molecule has 2 aliphatic rings. The highest BCUT2D eigenvalue weighted by molar-refractivity contribution is 6.06. The van der Waals surface area contributed by atoms with Crippen molar-refractivity contribution in [3.63, 3.8) is 0 Å². The number of likely N-dealkylation sites (tertiary alicyclic amines) is 1. The molecule has 2 aliphatic heterocycles. The maximum absolute atomic E-state index is 12.1. The fourth-order valence-corrected chi connectivity index (χ4v) is 2.68. The van der Waals surface area contributed by atoms with E-state index >= 15 is 0 Å². The summed E-state index contributed by atoms with van der Waals surface area (Å²) in [6, 6.07) is 0. The van der Waals surface area contributed by atoms with Gasteiger partial charge in [0, 0.05) is 0 Å². The minimum atomic E-state index is -1.46. The first-order valence-corrected chi connectivity index (χ1v) is 6.18. The molecule has 0 aromatic heterocycles. The maximum Gasteiger partial charge on any atom is 0.329 e. The first kappa shape index (κ1) is 13.0. The third kappa shape index (κ3) is 1.71. The molecule has 0 spiro atoms. The summed E-state index contributed by atoms with van der Waals surface area (Å²) in [6.45, 7) is 3.25. The number of carbonyl (C=O) groups excluding carboxylic acids is 2. The molecule has 0 aromatic carbocycles. The highest BCUT2D eigenvalue weighted by Crippen LogP contribution is 2.34. The van der Waals surface area contributed by atoms with Gasteiger partial charge in [0.1, 0.15) is 17.7 Å². The number of nitrogens with zero attached hydrogens (tertiary/aromatic N) is 1. The first-order chi connectivity index (χ1) is 8.41. The molecule has 6 heteroatoms. The summed E-state index contributed by atoms with van der Waals surface area (Å²) in [5.74, 6) is -2.16. The van der Waals surface area contributed by atoms with E-state index in [4.69, 9.17) is 4.74 Å². The third-order valence-electron chi connectivity index (χ3n) is 3.70. The minimum absolute atomic E-state index is 0.249. The number of rotatable bonds is 4. The largest absolute Gasteiger partial charge is 0.479 e. The topological polar surface area (TPSA) is 83.9 Å². The fourth-order valence-electron chi connectivity index (χ4n) is 2.68. The Morgan fingerprint density at radius 1 is 1.39 bits per heavy atom. The van der Waals surface area contributed by atoms with Gasteiger partial charge in [0.05, 0.1) is 0 Å². The van der Waals surface area contributed by atoms with Crippen LogP contribution in [0, 0.1) is 0 Å². The van der Waals surface area contributed by atoms with Gasteiger partial charge in [-0.05, 0) is 26.2 Å².